The first-order valence-corrected chi connectivity index (χ1v) is 9.88. The quantitative estimate of drug-likeness (QED) is 0.363. The molecule has 1 unspecified atom stereocenters. The Morgan fingerprint density at radius 1 is 1.30 bits per heavy atom. The van der Waals surface area contributed by atoms with E-state index in [0.29, 0.717) is 0 Å². The van der Waals surface area contributed by atoms with Crippen LogP contribution in [-0.2, 0) is 4.43 Å². The number of aliphatic hydroxyl groups is 2. The highest BCUT2D eigenvalue weighted by Crippen LogP contribution is 2.38. The van der Waals surface area contributed by atoms with Crippen LogP contribution in [0.4, 0.5) is 0 Å². The second kappa shape index (κ2) is 7.68. The number of hydroxylamine groups is 2. The zero-order chi connectivity index (χ0) is 16.1. The van der Waals surface area contributed by atoms with E-state index in [-0.39, 0.29) is 18.0 Å². The van der Waals surface area contributed by atoms with E-state index in [0.717, 1.165) is 5.06 Å². The van der Waals surface area contributed by atoms with Gasteiger partial charge in [-0.25, -0.2) is 0 Å². The van der Waals surface area contributed by atoms with Crippen molar-refractivity contribution in [1.82, 2.24) is 5.06 Å². The van der Waals surface area contributed by atoms with Gasteiger partial charge in [-0.3, -0.25) is 0 Å². The Morgan fingerprint density at radius 3 is 2.15 bits per heavy atom. The van der Waals surface area contributed by atoms with Gasteiger partial charge in [0.05, 0.1) is 24.9 Å². The molecule has 3 N–H and O–H groups in total. The molecule has 0 radical (unpaired) electrons. The van der Waals surface area contributed by atoms with Crippen molar-refractivity contribution < 1.29 is 19.8 Å². The summed E-state index contributed by atoms with van der Waals surface area (Å²) in [6.07, 6.45) is -0.432. The Hall–Kier alpha value is -0.243. The predicted octanol–water partition coefficient (Wildman–Crippen LogP) is 2.00. The molecule has 0 spiro atoms. The van der Waals surface area contributed by atoms with Crippen LogP contribution in [0.3, 0.4) is 0 Å². The first-order chi connectivity index (χ1) is 8.90. The van der Waals surface area contributed by atoms with Crippen LogP contribution in [0.1, 0.15) is 27.2 Å². The lowest BCUT2D eigenvalue weighted by Crippen LogP contribution is -2.49. The van der Waals surface area contributed by atoms with Crippen LogP contribution in [-0.4, -0.2) is 60.7 Å². The van der Waals surface area contributed by atoms with E-state index >= 15 is 0 Å². The summed E-state index contributed by atoms with van der Waals surface area (Å²) < 4.78 is 6.18. The second-order valence-corrected chi connectivity index (χ2v) is 11.6. The van der Waals surface area contributed by atoms with Crippen LogP contribution < -0.4 is 0 Å². The molecule has 3 atom stereocenters. The molecule has 0 bridgehead atoms. The molecule has 0 rings (SSSR count). The molecular weight excluding hydrogens is 274 g/mol. The topological polar surface area (TPSA) is 73.2 Å². The average molecular weight is 305 g/mol. The third kappa shape index (κ3) is 6.47. The minimum absolute atomic E-state index is 0.00914. The fraction of sp³-hybridized carbons (Fsp3) is 0.857. The van der Waals surface area contributed by atoms with Gasteiger partial charge in [0.15, 0.2) is 8.32 Å². The maximum absolute atomic E-state index is 10.2. The average Bonchev–Trinajstić information content (AvgIpc) is 2.25. The van der Waals surface area contributed by atoms with Gasteiger partial charge in [0.1, 0.15) is 0 Å². The van der Waals surface area contributed by atoms with Crippen LogP contribution >= 0.6 is 0 Å². The fourth-order valence-corrected chi connectivity index (χ4v) is 2.93. The molecule has 0 aromatic rings. The predicted molar refractivity (Wildman–Crippen MR) is 83.3 cm³/mol. The Balaban J connectivity index is 4.98. The van der Waals surface area contributed by atoms with Crippen LogP contribution in [0, 0.1) is 0 Å². The highest BCUT2D eigenvalue weighted by molar-refractivity contribution is 6.74. The van der Waals surface area contributed by atoms with E-state index in [2.05, 4.69) is 40.4 Å². The van der Waals surface area contributed by atoms with E-state index in [1.54, 1.807) is 0 Å². The minimum atomic E-state index is -2.07. The lowest BCUT2D eigenvalue weighted by atomic mass is 10.1. The molecule has 5 nitrogen and oxygen atoms in total. The first-order valence-electron chi connectivity index (χ1n) is 6.97. The smallest absolute Gasteiger partial charge is 0.192 e. The summed E-state index contributed by atoms with van der Waals surface area (Å²) in [4.78, 5) is 0. The highest BCUT2D eigenvalue weighted by atomic mass is 28.4. The Bertz CT molecular complexity index is 302. The van der Waals surface area contributed by atoms with Crippen molar-refractivity contribution in [1.29, 1.82) is 0 Å². The summed E-state index contributed by atoms with van der Waals surface area (Å²) in [6, 6.07) is 0. The number of hydrogen-bond acceptors (Lipinski definition) is 5. The Morgan fingerprint density at radius 2 is 1.80 bits per heavy atom. The lowest BCUT2D eigenvalue weighted by Gasteiger charge is -2.41. The van der Waals surface area contributed by atoms with E-state index in [9.17, 15) is 15.4 Å². The van der Waals surface area contributed by atoms with E-state index in [1.807, 2.05) is 0 Å². The van der Waals surface area contributed by atoms with Gasteiger partial charge in [-0.1, -0.05) is 26.8 Å². The van der Waals surface area contributed by atoms with Gasteiger partial charge in [0, 0.05) is 13.5 Å². The van der Waals surface area contributed by atoms with Gasteiger partial charge in [-0.05, 0) is 18.1 Å². The molecule has 0 heterocycles. The van der Waals surface area contributed by atoms with Crippen LogP contribution in [0.5, 0.6) is 0 Å². The first kappa shape index (κ1) is 19.8. The number of aliphatic hydroxyl groups excluding tert-OH is 2. The van der Waals surface area contributed by atoms with Crippen molar-refractivity contribution in [2.24, 2.45) is 0 Å². The van der Waals surface area contributed by atoms with Gasteiger partial charge in [0.25, 0.3) is 0 Å². The van der Waals surface area contributed by atoms with Gasteiger partial charge in [-0.15, -0.1) is 6.58 Å². The summed E-state index contributed by atoms with van der Waals surface area (Å²) in [5.74, 6) is 0. The molecule has 20 heavy (non-hydrogen) atoms. The molecule has 0 saturated carbocycles. The van der Waals surface area contributed by atoms with Gasteiger partial charge in [0.2, 0.25) is 0 Å². The van der Waals surface area contributed by atoms with E-state index < -0.39 is 26.6 Å². The molecule has 120 valence electrons. The molecule has 0 amide bonds. The van der Waals surface area contributed by atoms with Gasteiger partial charge < -0.3 is 19.8 Å². The molecule has 0 aliphatic heterocycles. The summed E-state index contributed by atoms with van der Waals surface area (Å²) in [6.45, 7) is 14.1. The zero-order valence-corrected chi connectivity index (χ0v) is 14.6. The number of nitrogens with zero attached hydrogens (tertiary/aromatic N) is 1. The summed E-state index contributed by atoms with van der Waals surface area (Å²) in [5.41, 5.74) is 0. The van der Waals surface area contributed by atoms with Crippen molar-refractivity contribution in [2.45, 2.75) is 63.6 Å². The molecule has 0 aliphatic carbocycles. The Kier molecular flexibility index (Phi) is 7.58. The van der Waals surface area contributed by atoms with Crippen LogP contribution in [0.25, 0.3) is 0 Å². The van der Waals surface area contributed by atoms with Gasteiger partial charge in [-0.2, -0.15) is 5.06 Å². The number of hydrogen-bond donors (Lipinski definition) is 3. The number of likely N-dealkylation sites (N-methyl/N-ethyl adjacent to an activating group) is 1. The summed E-state index contributed by atoms with van der Waals surface area (Å²) >= 11 is 0. The summed E-state index contributed by atoms with van der Waals surface area (Å²) in [5, 5.41) is 30.1. The van der Waals surface area contributed by atoms with E-state index in [1.165, 1.54) is 13.1 Å². The third-order valence-corrected chi connectivity index (χ3v) is 8.38. The molecule has 0 fully saturated rings. The maximum Gasteiger partial charge on any atom is 0.192 e. The molecule has 0 saturated heterocycles. The largest absolute Gasteiger partial charge is 0.411 e. The fourth-order valence-electron chi connectivity index (χ4n) is 1.56. The van der Waals surface area contributed by atoms with E-state index in [4.69, 9.17) is 4.43 Å². The van der Waals surface area contributed by atoms with Crippen LogP contribution in [0.15, 0.2) is 12.7 Å². The zero-order valence-electron chi connectivity index (χ0n) is 13.6. The van der Waals surface area contributed by atoms with Crippen molar-refractivity contribution in [3.63, 3.8) is 0 Å². The van der Waals surface area contributed by atoms with Crippen molar-refractivity contribution in [3.05, 3.63) is 12.7 Å². The lowest BCUT2D eigenvalue weighted by molar-refractivity contribution is -0.111. The van der Waals surface area contributed by atoms with Gasteiger partial charge >= 0.3 is 0 Å². The highest BCUT2D eigenvalue weighted by Gasteiger charge is 2.40. The van der Waals surface area contributed by atoms with Crippen LogP contribution in [0.2, 0.25) is 18.1 Å². The normalized spacial score (nSPS) is 17.9. The van der Waals surface area contributed by atoms with Crippen molar-refractivity contribution >= 4 is 8.32 Å². The monoisotopic (exact) mass is 305 g/mol. The van der Waals surface area contributed by atoms with Crippen molar-refractivity contribution in [3.8, 4) is 0 Å². The molecule has 6 heteroatoms. The van der Waals surface area contributed by atoms with Crippen molar-refractivity contribution in [2.75, 3.05) is 13.6 Å². The standard InChI is InChI=1S/C14H31NO4Si/c1-8-11(16)9-13(12(17)10-15(5)18)19-20(6,7)14(2,3)4/h8,11-13,16-18H,1,9-10H2,2-7H3/t11-,12?,13+/m1/s1. The maximum atomic E-state index is 10.2. The molecule has 0 aliphatic rings. The number of rotatable bonds is 8. The SMILES string of the molecule is C=C[C@@H](O)C[C@H](O[Si](C)(C)C(C)(C)C)C(O)CN(C)O. The molecular formula is C14H31NO4Si. The summed E-state index contributed by atoms with van der Waals surface area (Å²) in [7, 11) is -0.598. The minimum Gasteiger partial charge on any atom is -0.411 e. The molecule has 0 aromatic heterocycles. The third-order valence-electron chi connectivity index (χ3n) is 3.88. The molecule has 0 aromatic carbocycles. The second-order valence-electron chi connectivity index (χ2n) is 6.86. The Labute approximate surface area is 124 Å².